The lowest BCUT2D eigenvalue weighted by molar-refractivity contribution is 0.302. The molecular formula is C18H16ClN5O2. The largest absolute Gasteiger partial charge is 0.487 e. The molecule has 4 aromatic rings. The van der Waals surface area contributed by atoms with Crippen molar-refractivity contribution in [1.29, 1.82) is 0 Å². The minimum Gasteiger partial charge on any atom is -0.487 e. The SMILES string of the molecule is Cn1nccc1-c1cn(C)c(=O)n2cc(COc3ccc(Cl)cc3)nc12. The zero-order chi connectivity index (χ0) is 18.3. The van der Waals surface area contributed by atoms with Crippen molar-refractivity contribution < 1.29 is 4.74 Å². The molecular weight excluding hydrogens is 354 g/mol. The quantitative estimate of drug-likeness (QED) is 0.554. The number of rotatable bonds is 4. The second kappa shape index (κ2) is 6.34. The number of aryl methyl sites for hydroxylation is 2. The van der Waals surface area contributed by atoms with Crippen molar-refractivity contribution in [3.63, 3.8) is 0 Å². The van der Waals surface area contributed by atoms with Gasteiger partial charge in [0.15, 0.2) is 5.65 Å². The van der Waals surface area contributed by atoms with E-state index in [9.17, 15) is 4.79 Å². The van der Waals surface area contributed by atoms with Gasteiger partial charge in [0.2, 0.25) is 0 Å². The van der Waals surface area contributed by atoms with E-state index in [1.54, 1.807) is 54.6 Å². The molecule has 0 spiro atoms. The first-order valence-corrected chi connectivity index (χ1v) is 8.35. The number of nitrogens with zero attached hydrogens (tertiary/aromatic N) is 5. The van der Waals surface area contributed by atoms with Gasteiger partial charge in [-0.3, -0.25) is 9.08 Å². The second-order valence-electron chi connectivity index (χ2n) is 5.94. The van der Waals surface area contributed by atoms with Crippen LogP contribution in [-0.2, 0) is 20.7 Å². The molecule has 132 valence electrons. The summed E-state index contributed by atoms with van der Waals surface area (Å²) in [6, 6.07) is 8.99. The number of halogens is 1. The van der Waals surface area contributed by atoms with E-state index in [1.807, 2.05) is 13.1 Å². The maximum absolute atomic E-state index is 12.5. The zero-order valence-corrected chi connectivity index (χ0v) is 15.0. The lowest BCUT2D eigenvalue weighted by Gasteiger charge is -2.06. The van der Waals surface area contributed by atoms with E-state index >= 15 is 0 Å². The number of hydrogen-bond acceptors (Lipinski definition) is 4. The highest BCUT2D eigenvalue weighted by Gasteiger charge is 2.15. The molecule has 0 aliphatic heterocycles. The minimum atomic E-state index is -0.170. The number of fused-ring (bicyclic) bond motifs is 1. The van der Waals surface area contributed by atoms with Gasteiger partial charge in [0.05, 0.1) is 17.0 Å². The molecule has 0 unspecified atom stereocenters. The maximum Gasteiger partial charge on any atom is 0.333 e. The Kier molecular flexibility index (Phi) is 4.00. The van der Waals surface area contributed by atoms with Crippen LogP contribution in [-0.4, -0.2) is 23.7 Å². The summed E-state index contributed by atoms with van der Waals surface area (Å²) < 4.78 is 10.5. The lowest BCUT2D eigenvalue weighted by Crippen LogP contribution is -2.23. The average molecular weight is 370 g/mol. The fourth-order valence-electron chi connectivity index (χ4n) is 2.82. The molecule has 0 aliphatic rings. The molecule has 0 fully saturated rings. The molecule has 0 atom stereocenters. The third-order valence-corrected chi connectivity index (χ3v) is 4.38. The van der Waals surface area contributed by atoms with E-state index < -0.39 is 0 Å². The number of ether oxygens (including phenoxy) is 1. The van der Waals surface area contributed by atoms with Crippen LogP contribution in [0.5, 0.6) is 5.75 Å². The van der Waals surface area contributed by atoms with Gasteiger partial charge in [0, 0.05) is 37.7 Å². The van der Waals surface area contributed by atoms with Crippen LogP contribution in [0.15, 0.2) is 53.7 Å². The first-order valence-electron chi connectivity index (χ1n) is 7.97. The molecule has 0 saturated carbocycles. The first kappa shape index (κ1) is 16.4. The van der Waals surface area contributed by atoms with E-state index in [0.29, 0.717) is 22.1 Å². The standard InChI is InChI=1S/C18H16ClN5O2/c1-22-10-15(16-7-8-20-23(16)2)17-21-13(9-24(17)18(22)25)11-26-14-5-3-12(19)4-6-14/h3-10H,11H2,1-2H3. The molecule has 4 rings (SSSR count). The Labute approximate surface area is 154 Å². The van der Waals surface area contributed by atoms with Gasteiger partial charge in [-0.25, -0.2) is 9.78 Å². The fraction of sp³-hybridized carbons (Fsp3) is 0.167. The molecule has 0 saturated heterocycles. The Hall–Kier alpha value is -3.06. The normalized spacial score (nSPS) is 11.2. The van der Waals surface area contributed by atoms with E-state index in [1.165, 1.54) is 8.97 Å². The van der Waals surface area contributed by atoms with E-state index in [-0.39, 0.29) is 12.3 Å². The Balaban J connectivity index is 1.74. The van der Waals surface area contributed by atoms with Crippen molar-refractivity contribution in [3.8, 4) is 17.0 Å². The Morgan fingerprint density at radius 1 is 1.12 bits per heavy atom. The summed E-state index contributed by atoms with van der Waals surface area (Å²) in [6.07, 6.45) is 5.18. The van der Waals surface area contributed by atoms with Gasteiger partial charge in [-0.1, -0.05) is 11.6 Å². The highest BCUT2D eigenvalue weighted by molar-refractivity contribution is 6.30. The van der Waals surface area contributed by atoms with Crippen LogP contribution >= 0.6 is 11.6 Å². The molecule has 3 aromatic heterocycles. The highest BCUT2D eigenvalue weighted by Crippen LogP contribution is 2.23. The van der Waals surface area contributed by atoms with E-state index in [4.69, 9.17) is 16.3 Å². The lowest BCUT2D eigenvalue weighted by atomic mass is 10.2. The molecule has 8 heteroatoms. The molecule has 3 heterocycles. The summed E-state index contributed by atoms with van der Waals surface area (Å²) in [5, 5.41) is 4.85. The Morgan fingerprint density at radius 2 is 1.88 bits per heavy atom. The van der Waals surface area contributed by atoms with Gasteiger partial charge < -0.3 is 9.30 Å². The number of benzene rings is 1. The van der Waals surface area contributed by atoms with Crippen LogP contribution in [0.4, 0.5) is 0 Å². The molecule has 0 radical (unpaired) electrons. The van der Waals surface area contributed by atoms with Gasteiger partial charge in [0.1, 0.15) is 12.4 Å². The van der Waals surface area contributed by atoms with Crippen LogP contribution in [0.1, 0.15) is 5.69 Å². The summed E-state index contributed by atoms with van der Waals surface area (Å²) in [5.74, 6) is 0.686. The van der Waals surface area contributed by atoms with E-state index in [2.05, 4.69) is 10.1 Å². The molecule has 0 aliphatic carbocycles. The number of imidazole rings is 1. The topological polar surface area (TPSA) is 66.4 Å². The minimum absolute atomic E-state index is 0.170. The average Bonchev–Trinajstić information content (AvgIpc) is 3.24. The molecule has 1 aromatic carbocycles. The molecule has 7 nitrogen and oxygen atoms in total. The zero-order valence-electron chi connectivity index (χ0n) is 14.3. The fourth-order valence-corrected chi connectivity index (χ4v) is 2.94. The monoisotopic (exact) mass is 369 g/mol. The van der Waals surface area contributed by atoms with Gasteiger partial charge in [-0.05, 0) is 30.3 Å². The number of hydrogen-bond donors (Lipinski definition) is 0. The summed E-state index contributed by atoms with van der Waals surface area (Å²) in [6.45, 7) is 0.247. The smallest absolute Gasteiger partial charge is 0.333 e. The van der Waals surface area contributed by atoms with E-state index in [0.717, 1.165) is 11.3 Å². The summed E-state index contributed by atoms with van der Waals surface area (Å²) in [4.78, 5) is 17.1. The molecule has 0 N–H and O–H groups in total. The van der Waals surface area contributed by atoms with Crippen molar-refractivity contribution in [2.24, 2.45) is 14.1 Å². The van der Waals surface area contributed by atoms with Gasteiger partial charge >= 0.3 is 5.69 Å². The summed E-state index contributed by atoms with van der Waals surface area (Å²) >= 11 is 5.88. The van der Waals surface area contributed by atoms with Gasteiger partial charge in [-0.15, -0.1) is 0 Å². The third kappa shape index (κ3) is 2.86. The van der Waals surface area contributed by atoms with Crippen molar-refractivity contribution in [1.82, 2.24) is 23.7 Å². The highest BCUT2D eigenvalue weighted by atomic mass is 35.5. The molecule has 26 heavy (non-hydrogen) atoms. The van der Waals surface area contributed by atoms with Crippen LogP contribution in [0.3, 0.4) is 0 Å². The third-order valence-electron chi connectivity index (χ3n) is 4.12. The Bertz CT molecular complexity index is 1140. The van der Waals surface area contributed by atoms with Crippen LogP contribution in [0.25, 0.3) is 16.9 Å². The van der Waals surface area contributed by atoms with Crippen LogP contribution in [0.2, 0.25) is 5.02 Å². The van der Waals surface area contributed by atoms with Crippen LogP contribution in [0, 0.1) is 0 Å². The molecule has 0 amide bonds. The summed E-state index contributed by atoms with van der Waals surface area (Å²) in [7, 11) is 3.57. The van der Waals surface area contributed by atoms with Crippen molar-refractivity contribution in [3.05, 3.63) is 70.1 Å². The van der Waals surface area contributed by atoms with Crippen molar-refractivity contribution in [2.45, 2.75) is 6.61 Å². The van der Waals surface area contributed by atoms with Crippen LogP contribution < -0.4 is 10.4 Å². The Morgan fingerprint density at radius 3 is 2.58 bits per heavy atom. The van der Waals surface area contributed by atoms with Crippen molar-refractivity contribution >= 4 is 17.2 Å². The first-order chi connectivity index (χ1) is 12.5. The van der Waals surface area contributed by atoms with Gasteiger partial charge in [0.25, 0.3) is 0 Å². The molecule has 0 bridgehead atoms. The maximum atomic E-state index is 12.5. The predicted molar refractivity (Wildman–Crippen MR) is 98.4 cm³/mol. The van der Waals surface area contributed by atoms with Gasteiger partial charge in [-0.2, -0.15) is 5.10 Å². The predicted octanol–water partition coefficient (Wildman–Crippen LogP) is 2.67. The van der Waals surface area contributed by atoms with Crippen molar-refractivity contribution in [2.75, 3.05) is 0 Å². The second-order valence-corrected chi connectivity index (χ2v) is 6.38. The number of aromatic nitrogens is 5. The summed E-state index contributed by atoms with van der Waals surface area (Å²) in [5.41, 5.74) is 2.76.